The average molecular weight is 515 g/mol. The van der Waals surface area contributed by atoms with Crippen molar-refractivity contribution in [2.75, 3.05) is 30.6 Å². The number of hydrogen-bond donors (Lipinski definition) is 0. The highest BCUT2D eigenvalue weighted by Gasteiger charge is 2.50. The molecule has 2 aromatic carbocycles. The number of carbonyl (C=O) groups excluding carboxylic acids is 1. The van der Waals surface area contributed by atoms with Gasteiger partial charge in [-0.2, -0.15) is 4.99 Å². The molecule has 2 atom stereocenters. The third kappa shape index (κ3) is 4.71. The molecular formula is C21H20Cl2N2O5S2. The van der Waals surface area contributed by atoms with Crippen molar-refractivity contribution in [1.29, 1.82) is 0 Å². The van der Waals surface area contributed by atoms with Crippen molar-refractivity contribution in [2.24, 2.45) is 4.99 Å². The molecule has 2 fully saturated rings. The minimum Gasteiger partial charge on any atom is -0.495 e. The number of amidine groups is 1. The zero-order valence-electron chi connectivity index (χ0n) is 17.2. The first kappa shape index (κ1) is 23.2. The second-order valence-corrected chi connectivity index (χ2v) is 11.6. The molecule has 0 radical (unpaired) electrons. The molecule has 7 nitrogen and oxygen atoms in total. The van der Waals surface area contributed by atoms with Crippen LogP contribution >= 0.6 is 35.0 Å². The molecule has 2 heterocycles. The van der Waals surface area contributed by atoms with E-state index in [9.17, 15) is 13.2 Å². The lowest BCUT2D eigenvalue weighted by molar-refractivity contribution is -0.117. The molecule has 4 rings (SSSR count). The largest absolute Gasteiger partial charge is 0.495 e. The zero-order valence-corrected chi connectivity index (χ0v) is 20.4. The number of amides is 1. The maximum Gasteiger partial charge on any atom is 0.252 e. The topological polar surface area (TPSA) is 85.3 Å². The van der Waals surface area contributed by atoms with Gasteiger partial charge in [-0.1, -0.05) is 47.1 Å². The van der Waals surface area contributed by atoms with Gasteiger partial charge >= 0.3 is 0 Å². The predicted octanol–water partition coefficient (Wildman–Crippen LogP) is 3.85. The summed E-state index contributed by atoms with van der Waals surface area (Å²) in [6.07, 6.45) is 0.100. The number of methoxy groups -OCH3 is 2. The average Bonchev–Trinajstić information content (AvgIpc) is 3.20. The van der Waals surface area contributed by atoms with Crippen LogP contribution in [0.15, 0.2) is 41.4 Å². The first-order chi connectivity index (χ1) is 15.2. The fraction of sp³-hybridized carbons (Fsp3) is 0.333. The smallest absolute Gasteiger partial charge is 0.252 e. The molecule has 170 valence electrons. The summed E-state index contributed by atoms with van der Waals surface area (Å²) in [7, 11) is -0.212. The fourth-order valence-electron chi connectivity index (χ4n) is 3.80. The van der Waals surface area contributed by atoms with E-state index < -0.39 is 9.84 Å². The van der Waals surface area contributed by atoms with Crippen LogP contribution in [0.2, 0.25) is 10.0 Å². The van der Waals surface area contributed by atoms with Gasteiger partial charge in [-0.3, -0.25) is 4.79 Å². The molecule has 0 unspecified atom stereocenters. The van der Waals surface area contributed by atoms with Gasteiger partial charge in [0, 0.05) is 16.3 Å². The Hall–Kier alpha value is -1.94. The molecule has 0 aliphatic carbocycles. The third-order valence-electron chi connectivity index (χ3n) is 5.27. The summed E-state index contributed by atoms with van der Waals surface area (Å²) in [5.74, 6) is 0.500. The Morgan fingerprint density at radius 1 is 1.12 bits per heavy atom. The Bertz CT molecular complexity index is 1190. The summed E-state index contributed by atoms with van der Waals surface area (Å²) >= 11 is 13.6. The van der Waals surface area contributed by atoms with Gasteiger partial charge in [0.25, 0.3) is 5.91 Å². The van der Waals surface area contributed by atoms with Crippen molar-refractivity contribution in [3.63, 3.8) is 0 Å². The van der Waals surface area contributed by atoms with E-state index in [1.54, 1.807) is 41.3 Å². The first-order valence-corrected chi connectivity index (χ1v) is 13.1. The van der Waals surface area contributed by atoms with Crippen LogP contribution in [0.1, 0.15) is 5.56 Å². The lowest BCUT2D eigenvalue weighted by atomic mass is 10.1. The fourth-order valence-corrected chi connectivity index (χ4v) is 8.09. The van der Waals surface area contributed by atoms with E-state index >= 15 is 0 Å². The quantitative estimate of drug-likeness (QED) is 0.598. The zero-order chi connectivity index (χ0) is 23.0. The second kappa shape index (κ2) is 9.13. The molecule has 1 amide bonds. The summed E-state index contributed by atoms with van der Waals surface area (Å²) in [5.41, 5.74) is 1.32. The molecule has 0 saturated carbocycles. The van der Waals surface area contributed by atoms with E-state index in [-0.39, 0.29) is 35.1 Å². The number of carbonyl (C=O) groups is 1. The minimum atomic E-state index is -3.21. The van der Waals surface area contributed by atoms with Gasteiger partial charge < -0.3 is 14.4 Å². The number of rotatable bonds is 5. The van der Waals surface area contributed by atoms with Crippen LogP contribution in [0.4, 0.5) is 5.69 Å². The monoisotopic (exact) mass is 514 g/mol. The third-order valence-corrected chi connectivity index (χ3v) is 9.03. The Balaban J connectivity index is 1.72. The van der Waals surface area contributed by atoms with Crippen molar-refractivity contribution in [1.82, 2.24) is 0 Å². The number of ether oxygens (including phenoxy) is 2. The molecule has 32 heavy (non-hydrogen) atoms. The molecule has 2 aromatic rings. The van der Waals surface area contributed by atoms with Crippen LogP contribution in [0.5, 0.6) is 11.5 Å². The van der Waals surface area contributed by atoms with Gasteiger partial charge in [0.1, 0.15) is 11.5 Å². The molecule has 11 heteroatoms. The Morgan fingerprint density at radius 2 is 1.81 bits per heavy atom. The number of benzene rings is 2. The number of sulfone groups is 1. The van der Waals surface area contributed by atoms with Crippen LogP contribution in [-0.2, 0) is 21.1 Å². The maximum absolute atomic E-state index is 12.7. The number of halogens is 2. The number of anilines is 1. The minimum absolute atomic E-state index is 0.0232. The molecule has 2 aliphatic rings. The molecule has 2 saturated heterocycles. The number of fused-ring (bicyclic) bond motifs is 1. The van der Waals surface area contributed by atoms with Crippen molar-refractivity contribution >= 4 is 61.6 Å². The summed E-state index contributed by atoms with van der Waals surface area (Å²) in [4.78, 5) is 18.8. The summed E-state index contributed by atoms with van der Waals surface area (Å²) in [5, 5.41) is 1.10. The summed E-state index contributed by atoms with van der Waals surface area (Å²) in [6.45, 7) is 0. The van der Waals surface area contributed by atoms with Gasteiger partial charge in [0.15, 0.2) is 15.0 Å². The Morgan fingerprint density at radius 3 is 2.47 bits per heavy atom. The number of thioether (sulfide) groups is 1. The summed E-state index contributed by atoms with van der Waals surface area (Å²) in [6, 6.07) is 9.87. The van der Waals surface area contributed by atoms with Gasteiger partial charge in [0.05, 0.1) is 48.9 Å². The standard InChI is InChI=1S/C21H20Cl2N2O5S2/c1-29-17-9-18(30-2)15(8-14(17)23)25-16-10-32(27,28)11-19(16)31-21(25)24-20(26)7-12-3-5-13(22)6-4-12/h3-6,8-9,16,19H,7,10-11H2,1-2H3/t16-,19+/m1/s1. The second-order valence-electron chi connectivity index (χ2n) is 7.42. The van der Waals surface area contributed by atoms with E-state index in [1.165, 1.54) is 26.0 Å². The lowest BCUT2D eigenvalue weighted by Crippen LogP contribution is -2.38. The van der Waals surface area contributed by atoms with Crippen LogP contribution in [0.3, 0.4) is 0 Å². The van der Waals surface area contributed by atoms with Crippen molar-refractivity contribution in [3.05, 3.63) is 52.0 Å². The van der Waals surface area contributed by atoms with Crippen LogP contribution in [0.25, 0.3) is 0 Å². The van der Waals surface area contributed by atoms with Crippen LogP contribution in [-0.4, -0.2) is 56.5 Å². The van der Waals surface area contributed by atoms with Gasteiger partial charge in [-0.05, 0) is 23.8 Å². The predicted molar refractivity (Wildman–Crippen MR) is 128 cm³/mol. The van der Waals surface area contributed by atoms with Gasteiger partial charge in [-0.15, -0.1) is 0 Å². The maximum atomic E-state index is 12.7. The molecule has 0 bridgehead atoms. The number of hydrogen-bond acceptors (Lipinski definition) is 6. The lowest BCUT2D eigenvalue weighted by Gasteiger charge is -2.26. The van der Waals surface area contributed by atoms with E-state index in [0.29, 0.717) is 32.4 Å². The number of nitrogens with zero attached hydrogens (tertiary/aromatic N) is 2. The highest BCUT2D eigenvalue weighted by atomic mass is 35.5. The molecule has 0 N–H and O–H groups in total. The van der Waals surface area contributed by atoms with Crippen LogP contribution < -0.4 is 14.4 Å². The van der Waals surface area contributed by atoms with E-state index in [0.717, 1.165) is 5.56 Å². The highest BCUT2D eigenvalue weighted by molar-refractivity contribution is 8.16. The van der Waals surface area contributed by atoms with Crippen molar-refractivity contribution in [3.8, 4) is 11.5 Å². The van der Waals surface area contributed by atoms with Crippen LogP contribution in [0, 0.1) is 0 Å². The molecule has 0 spiro atoms. The van der Waals surface area contributed by atoms with Crippen molar-refractivity contribution in [2.45, 2.75) is 17.7 Å². The highest BCUT2D eigenvalue weighted by Crippen LogP contribution is 2.46. The molecular weight excluding hydrogens is 495 g/mol. The molecule has 2 aliphatic heterocycles. The normalized spacial score (nSPS) is 22.8. The first-order valence-electron chi connectivity index (χ1n) is 9.64. The van der Waals surface area contributed by atoms with Gasteiger partial charge in [-0.25, -0.2) is 8.42 Å². The van der Waals surface area contributed by atoms with E-state index in [2.05, 4.69) is 4.99 Å². The molecule has 0 aromatic heterocycles. The van der Waals surface area contributed by atoms with Gasteiger partial charge in [0.2, 0.25) is 0 Å². The SMILES string of the molecule is COc1cc(OC)c(N2C(=NC(=O)Cc3ccc(Cl)cc3)S[C@H]3CS(=O)(=O)C[C@H]32)cc1Cl. The van der Waals surface area contributed by atoms with E-state index in [1.807, 2.05) is 0 Å². The Labute approximate surface area is 200 Å². The summed E-state index contributed by atoms with van der Waals surface area (Å²) < 4.78 is 35.4. The Kier molecular flexibility index (Phi) is 6.63. The number of aliphatic imine (C=N–C) groups is 1. The van der Waals surface area contributed by atoms with E-state index in [4.69, 9.17) is 32.7 Å². The van der Waals surface area contributed by atoms with Crippen molar-refractivity contribution < 1.29 is 22.7 Å².